The van der Waals surface area contributed by atoms with E-state index in [0.29, 0.717) is 0 Å². The van der Waals surface area contributed by atoms with Crippen molar-refractivity contribution in [2.24, 2.45) is 0 Å². The molecule has 0 spiro atoms. The van der Waals surface area contributed by atoms with Gasteiger partial charge in [-0.25, -0.2) is 0 Å². The van der Waals surface area contributed by atoms with Crippen molar-refractivity contribution in [3.05, 3.63) is 42.5 Å². The Morgan fingerprint density at radius 2 is 1.21 bits per heavy atom. The van der Waals surface area contributed by atoms with Gasteiger partial charge >= 0.3 is 0 Å². The zero-order chi connectivity index (χ0) is 5.82. The Morgan fingerprint density at radius 1 is 0.857 bits per heavy atom. The van der Waals surface area contributed by atoms with E-state index in [-0.39, 0.29) is 62.4 Å². The predicted molar refractivity (Wildman–Crippen MR) is 51.0 cm³/mol. The molecule has 0 saturated heterocycles. The Balaban J connectivity index is -0.0000000267. The van der Waals surface area contributed by atoms with E-state index in [0.717, 1.165) is 0 Å². The van der Waals surface area contributed by atoms with Crippen molar-refractivity contribution in [3.63, 3.8) is 0 Å². The molecule has 0 heterocycles. The zero-order valence-corrected chi connectivity index (χ0v) is 12.8. The average Bonchev–Trinajstić information content (AvgIpc) is 1.90. The summed E-state index contributed by atoms with van der Waals surface area (Å²) < 4.78 is 0. The molecule has 0 aliphatic heterocycles. The fraction of sp³-hybridized carbons (Fsp3) is 0. The maximum absolute atomic E-state index is 3.63. The minimum absolute atomic E-state index is 0. The van der Waals surface area contributed by atoms with Gasteiger partial charge in [0.05, 0.1) is 0 Å². The summed E-state index contributed by atoms with van der Waals surface area (Å²) >= 11 is 0. The summed E-state index contributed by atoms with van der Waals surface area (Å²) in [5.41, 5.74) is 1.17. The Morgan fingerprint density at radius 3 is 1.43 bits per heavy atom. The summed E-state index contributed by atoms with van der Waals surface area (Å²) in [7, 11) is 0. The predicted octanol–water partition coefficient (Wildman–Crippen LogP) is -0.974. The second-order valence-electron chi connectivity index (χ2n) is 1.61. The largest absolute Gasteiger partial charge is 0.412 e. The molecule has 4 nitrogen and oxygen atoms in total. The molecule has 80 valence electrons. The van der Waals surface area contributed by atoms with Gasteiger partial charge in [0, 0.05) is 40.5 Å². The molecule has 1 rings (SSSR count). The molecule has 0 radical (unpaired) electrons. The van der Waals surface area contributed by atoms with Gasteiger partial charge in [-0.3, -0.25) is 0 Å². The molecule has 0 saturated carbocycles. The van der Waals surface area contributed by atoms with Crippen LogP contribution < -0.4 is 0 Å². The molecule has 1 aromatic rings. The van der Waals surface area contributed by atoms with Crippen LogP contribution >= 0.6 is 0 Å². The molecule has 0 aromatic heterocycles. The van der Waals surface area contributed by atoms with Crippen LogP contribution in [-0.2, 0) is 40.5 Å². The van der Waals surface area contributed by atoms with Gasteiger partial charge in [-0.05, 0) is 5.56 Å². The van der Waals surface area contributed by atoms with E-state index in [1.165, 1.54) is 5.56 Å². The normalized spacial score (nSPS) is 4.86. The van der Waals surface area contributed by atoms with Crippen molar-refractivity contribution in [1.29, 1.82) is 0 Å². The minimum Gasteiger partial charge on any atom is -0.412 e. The SMILES string of the molecule is C=Cc1ccccc1.O.O.O.O.[Mo].[Zn]. The summed E-state index contributed by atoms with van der Waals surface area (Å²) in [6.45, 7) is 3.63. The standard InChI is InChI=1S/C8H8.Mo.4H2O.Zn/c1-2-8-6-4-3-5-7-8;;;;;;/h2-7H,1H2;;4*1H2;. The third kappa shape index (κ3) is 14.6. The minimum atomic E-state index is 0. The molecular weight excluding hydrogens is 321 g/mol. The fourth-order valence-electron chi connectivity index (χ4n) is 0.589. The molecule has 8 N–H and O–H groups in total. The van der Waals surface area contributed by atoms with Crippen LogP contribution in [0.15, 0.2) is 36.9 Å². The van der Waals surface area contributed by atoms with Crippen LogP contribution in [-0.4, -0.2) is 21.9 Å². The number of rotatable bonds is 1. The molecule has 0 atom stereocenters. The van der Waals surface area contributed by atoms with Crippen molar-refractivity contribution in [2.45, 2.75) is 0 Å². The molecule has 14 heavy (non-hydrogen) atoms. The van der Waals surface area contributed by atoms with Crippen LogP contribution in [0.25, 0.3) is 6.08 Å². The van der Waals surface area contributed by atoms with Gasteiger partial charge in [0.25, 0.3) is 0 Å². The molecule has 0 aliphatic rings. The number of hydrogen-bond acceptors (Lipinski definition) is 0. The van der Waals surface area contributed by atoms with E-state index in [1.807, 2.05) is 36.4 Å². The van der Waals surface area contributed by atoms with Gasteiger partial charge in [0.2, 0.25) is 0 Å². The summed E-state index contributed by atoms with van der Waals surface area (Å²) in [5.74, 6) is 0. The van der Waals surface area contributed by atoms with Gasteiger partial charge in [-0.2, -0.15) is 0 Å². The Hall–Kier alpha value is 0.112. The second kappa shape index (κ2) is 23.2. The van der Waals surface area contributed by atoms with Gasteiger partial charge in [0.15, 0.2) is 0 Å². The van der Waals surface area contributed by atoms with E-state index < -0.39 is 0 Å². The van der Waals surface area contributed by atoms with Gasteiger partial charge in [-0.15, -0.1) is 0 Å². The summed E-state index contributed by atoms with van der Waals surface area (Å²) in [4.78, 5) is 0. The third-order valence-electron chi connectivity index (χ3n) is 1.04. The summed E-state index contributed by atoms with van der Waals surface area (Å²) in [6, 6.07) is 10.0. The smallest absolute Gasteiger partial charge is 0 e. The topological polar surface area (TPSA) is 126 Å². The van der Waals surface area contributed by atoms with Crippen molar-refractivity contribution in [3.8, 4) is 0 Å². The first-order valence-electron chi connectivity index (χ1n) is 2.61. The van der Waals surface area contributed by atoms with Crippen LogP contribution in [0.1, 0.15) is 5.56 Å². The van der Waals surface area contributed by atoms with Crippen LogP contribution in [0.5, 0.6) is 0 Å². The average molecular weight is 338 g/mol. The fourth-order valence-corrected chi connectivity index (χ4v) is 0.589. The van der Waals surface area contributed by atoms with Crippen molar-refractivity contribution in [1.82, 2.24) is 0 Å². The van der Waals surface area contributed by atoms with Crippen LogP contribution in [0.3, 0.4) is 0 Å². The van der Waals surface area contributed by atoms with Crippen LogP contribution in [0, 0.1) is 0 Å². The third-order valence-corrected chi connectivity index (χ3v) is 1.04. The number of hydrogen-bond donors (Lipinski definition) is 0. The Kier molecular flexibility index (Phi) is 61.0. The van der Waals surface area contributed by atoms with Crippen molar-refractivity contribution in [2.75, 3.05) is 0 Å². The monoisotopic (exact) mass is 338 g/mol. The Labute approximate surface area is 111 Å². The van der Waals surface area contributed by atoms with E-state index in [9.17, 15) is 0 Å². The first-order chi connectivity index (χ1) is 3.93. The van der Waals surface area contributed by atoms with Crippen LogP contribution in [0.2, 0.25) is 0 Å². The molecule has 0 aliphatic carbocycles. The zero-order valence-electron chi connectivity index (χ0n) is 7.79. The molecule has 0 amide bonds. The van der Waals surface area contributed by atoms with E-state index >= 15 is 0 Å². The summed E-state index contributed by atoms with van der Waals surface area (Å²) in [6.07, 6.45) is 1.83. The van der Waals surface area contributed by atoms with E-state index in [1.54, 1.807) is 0 Å². The maximum atomic E-state index is 3.63. The molecule has 1 aromatic carbocycles. The Bertz CT molecular complexity index is 184. The van der Waals surface area contributed by atoms with Crippen molar-refractivity contribution < 1.29 is 62.4 Å². The molecule has 0 unspecified atom stereocenters. The van der Waals surface area contributed by atoms with Gasteiger partial charge in [0.1, 0.15) is 0 Å². The van der Waals surface area contributed by atoms with Gasteiger partial charge in [-0.1, -0.05) is 43.0 Å². The number of benzene rings is 1. The second-order valence-corrected chi connectivity index (χ2v) is 1.61. The first kappa shape index (κ1) is 36.9. The molecule has 0 fully saturated rings. The maximum Gasteiger partial charge on any atom is 0 e. The quantitative estimate of drug-likeness (QED) is 0.584. The van der Waals surface area contributed by atoms with E-state index in [2.05, 4.69) is 6.58 Å². The van der Waals surface area contributed by atoms with Crippen LogP contribution in [0.4, 0.5) is 0 Å². The molecular formula is C8H16MoO4Zn. The first-order valence-corrected chi connectivity index (χ1v) is 2.61. The molecule has 6 heteroatoms. The molecule has 0 bridgehead atoms. The van der Waals surface area contributed by atoms with E-state index in [4.69, 9.17) is 0 Å². The van der Waals surface area contributed by atoms with Gasteiger partial charge < -0.3 is 21.9 Å². The summed E-state index contributed by atoms with van der Waals surface area (Å²) in [5, 5.41) is 0. The van der Waals surface area contributed by atoms with Crippen molar-refractivity contribution >= 4 is 6.08 Å².